The minimum Gasteiger partial charge on any atom is -0.292 e. The second kappa shape index (κ2) is 6.57. The highest BCUT2D eigenvalue weighted by Gasteiger charge is 2.13. The molecule has 0 spiro atoms. The van der Waals surface area contributed by atoms with E-state index in [4.69, 9.17) is 0 Å². The monoisotopic (exact) mass is 330 g/mol. The molecule has 2 aromatic heterocycles. The van der Waals surface area contributed by atoms with Crippen molar-refractivity contribution in [3.05, 3.63) is 52.4 Å². The normalized spacial score (nSPS) is 10.2. The van der Waals surface area contributed by atoms with Crippen molar-refractivity contribution in [3.8, 4) is 0 Å². The molecule has 0 aliphatic rings. The standard InChI is InChI=1S/C14H12BBrN2O2/c15-13-5-1-3-9(17-13)11(19)7-8-12(20)10-4-2-6-14(16)18-10/h1-6H,7-8,15H2. The molecule has 0 atom stereocenters. The topological polar surface area (TPSA) is 59.9 Å². The third-order valence-corrected chi connectivity index (χ3v) is 3.20. The minimum absolute atomic E-state index is 0.128. The largest absolute Gasteiger partial charge is 0.292 e. The first-order valence-corrected chi connectivity index (χ1v) is 6.98. The highest BCUT2D eigenvalue weighted by Crippen LogP contribution is 2.10. The van der Waals surface area contributed by atoms with E-state index in [9.17, 15) is 9.59 Å². The summed E-state index contributed by atoms with van der Waals surface area (Å²) in [4.78, 5) is 32.1. The number of hydrogen-bond acceptors (Lipinski definition) is 4. The van der Waals surface area contributed by atoms with Crippen molar-refractivity contribution in [3.63, 3.8) is 0 Å². The number of rotatable bonds is 5. The molecule has 2 rings (SSSR count). The lowest BCUT2D eigenvalue weighted by Gasteiger charge is -2.02. The number of Topliss-reactive ketones (excluding diaryl/α,β-unsaturated/α-hetero) is 2. The van der Waals surface area contributed by atoms with Crippen LogP contribution in [-0.2, 0) is 0 Å². The lowest BCUT2D eigenvalue weighted by molar-refractivity contribution is 0.0912. The molecule has 0 aliphatic heterocycles. The van der Waals surface area contributed by atoms with Gasteiger partial charge in [-0.1, -0.05) is 18.2 Å². The number of ketones is 2. The molecule has 6 heteroatoms. The molecule has 0 fully saturated rings. The summed E-state index contributed by atoms with van der Waals surface area (Å²) in [6.45, 7) is 0. The van der Waals surface area contributed by atoms with Crippen LogP contribution in [0.5, 0.6) is 0 Å². The van der Waals surface area contributed by atoms with Gasteiger partial charge < -0.3 is 0 Å². The molecule has 4 nitrogen and oxygen atoms in total. The van der Waals surface area contributed by atoms with Crippen LogP contribution >= 0.6 is 15.9 Å². The van der Waals surface area contributed by atoms with E-state index in [0.717, 1.165) is 5.59 Å². The number of carbonyl (C=O) groups excluding carboxylic acids is 2. The lowest BCUT2D eigenvalue weighted by Crippen LogP contribution is -2.14. The van der Waals surface area contributed by atoms with E-state index in [1.807, 2.05) is 13.9 Å². The minimum atomic E-state index is -0.146. The number of pyridine rings is 2. The fraction of sp³-hybridized carbons (Fsp3) is 0.143. The zero-order chi connectivity index (χ0) is 14.5. The maximum Gasteiger partial charge on any atom is 0.181 e. The Morgan fingerprint density at radius 2 is 1.50 bits per heavy atom. The predicted molar refractivity (Wildman–Crippen MR) is 82.2 cm³/mol. The summed E-state index contributed by atoms with van der Waals surface area (Å²) < 4.78 is 0.607. The van der Waals surface area contributed by atoms with Crippen molar-refractivity contribution < 1.29 is 9.59 Å². The second-order valence-electron chi connectivity index (χ2n) is 4.36. The van der Waals surface area contributed by atoms with Crippen molar-refractivity contribution in [1.82, 2.24) is 9.97 Å². The molecule has 0 N–H and O–H groups in total. The van der Waals surface area contributed by atoms with Crippen LogP contribution in [0.15, 0.2) is 41.0 Å². The molecule has 0 amide bonds. The van der Waals surface area contributed by atoms with Crippen LogP contribution in [0, 0.1) is 0 Å². The Morgan fingerprint density at radius 3 is 2.05 bits per heavy atom. The molecule has 0 saturated carbocycles. The fourth-order valence-electron chi connectivity index (χ4n) is 1.75. The fourth-order valence-corrected chi connectivity index (χ4v) is 2.09. The highest BCUT2D eigenvalue weighted by molar-refractivity contribution is 9.10. The van der Waals surface area contributed by atoms with Crippen molar-refractivity contribution in [2.45, 2.75) is 12.8 Å². The summed E-state index contributed by atoms with van der Waals surface area (Å²) in [5.41, 5.74) is 1.56. The van der Waals surface area contributed by atoms with Crippen LogP contribution in [0.1, 0.15) is 33.8 Å². The second-order valence-corrected chi connectivity index (χ2v) is 5.17. The van der Waals surface area contributed by atoms with Gasteiger partial charge in [-0.2, -0.15) is 0 Å². The average Bonchev–Trinajstić information content (AvgIpc) is 2.44. The van der Waals surface area contributed by atoms with Gasteiger partial charge in [-0.15, -0.1) is 0 Å². The number of halogens is 1. The first-order chi connectivity index (χ1) is 9.56. The summed E-state index contributed by atoms with van der Waals surface area (Å²) in [6.07, 6.45) is 0.279. The number of hydrogen-bond donors (Lipinski definition) is 0. The number of carbonyl (C=O) groups is 2. The maximum absolute atomic E-state index is 12.0. The van der Waals surface area contributed by atoms with Gasteiger partial charge in [-0.3, -0.25) is 14.6 Å². The molecule has 0 aromatic carbocycles. The first kappa shape index (κ1) is 14.6. The zero-order valence-electron chi connectivity index (χ0n) is 11.0. The molecule has 0 unspecified atom stereocenters. The van der Waals surface area contributed by atoms with Gasteiger partial charge >= 0.3 is 0 Å². The Hall–Kier alpha value is -1.82. The third-order valence-electron chi connectivity index (χ3n) is 2.75. The van der Waals surface area contributed by atoms with Gasteiger partial charge in [0.25, 0.3) is 0 Å². The lowest BCUT2D eigenvalue weighted by atomic mass is 10.0. The van der Waals surface area contributed by atoms with E-state index in [0.29, 0.717) is 16.0 Å². The summed E-state index contributed by atoms with van der Waals surface area (Å²) in [5.74, 6) is -0.274. The summed E-state index contributed by atoms with van der Waals surface area (Å²) >= 11 is 3.21. The summed E-state index contributed by atoms with van der Waals surface area (Å²) in [7, 11) is 1.83. The van der Waals surface area contributed by atoms with Crippen molar-refractivity contribution >= 4 is 40.9 Å². The van der Waals surface area contributed by atoms with Crippen molar-refractivity contribution in [1.29, 1.82) is 0 Å². The van der Waals surface area contributed by atoms with Crippen LogP contribution in [0.4, 0.5) is 0 Å². The van der Waals surface area contributed by atoms with E-state index in [2.05, 4.69) is 25.9 Å². The number of aromatic nitrogens is 2. The molecule has 0 radical (unpaired) electrons. The zero-order valence-corrected chi connectivity index (χ0v) is 12.6. The van der Waals surface area contributed by atoms with Gasteiger partial charge in [0.2, 0.25) is 0 Å². The van der Waals surface area contributed by atoms with Gasteiger partial charge in [0.15, 0.2) is 19.4 Å². The molecule has 2 heterocycles. The molecule has 0 aliphatic carbocycles. The smallest absolute Gasteiger partial charge is 0.181 e. The summed E-state index contributed by atoms with van der Waals surface area (Å²) in [6, 6.07) is 10.4. The third kappa shape index (κ3) is 3.84. The van der Waals surface area contributed by atoms with Gasteiger partial charge in [-0.05, 0) is 39.7 Å². The quantitative estimate of drug-likeness (QED) is 0.471. The molecule has 100 valence electrons. The Labute approximate surface area is 126 Å². The van der Waals surface area contributed by atoms with Gasteiger partial charge in [0.1, 0.15) is 16.0 Å². The van der Waals surface area contributed by atoms with Gasteiger partial charge in [0, 0.05) is 12.8 Å². The van der Waals surface area contributed by atoms with E-state index >= 15 is 0 Å². The molecule has 20 heavy (non-hydrogen) atoms. The van der Waals surface area contributed by atoms with Crippen LogP contribution < -0.4 is 5.59 Å². The van der Waals surface area contributed by atoms with Gasteiger partial charge in [0.05, 0.1) is 0 Å². The molecular weight excluding hydrogens is 319 g/mol. The Bertz CT molecular complexity index is 604. The van der Waals surface area contributed by atoms with Crippen molar-refractivity contribution in [2.75, 3.05) is 0 Å². The average molecular weight is 331 g/mol. The van der Waals surface area contributed by atoms with Gasteiger partial charge in [-0.25, -0.2) is 4.98 Å². The van der Waals surface area contributed by atoms with Crippen molar-refractivity contribution in [2.24, 2.45) is 0 Å². The van der Waals surface area contributed by atoms with Crippen LogP contribution in [0.3, 0.4) is 0 Å². The van der Waals surface area contributed by atoms with E-state index in [-0.39, 0.29) is 24.4 Å². The van der Waals surface area contributed by atoms with Crippen LogP contribution in [-0.4, -0.2) is 29.4 Å². The van der Waals surface area contributed by atoms with E-state index in [1.54, 1.807) is 30.3 Å². The van der Waals surface area contributed by atoms with Crippen LogP contribution in [0.2, 0.25) is 0 Å². The molecular formula is C14H12BBrN2O2. The SMILES string of the molecule is Bc1cccc(C(=O)CCC(=O)c2cccc(Br)n2)n1. The van der Waals surface area contributed by atoms with Crippen LogP contribution in [0.25, 0.3) is 0 Å². The summed E-state index contributed by atoms with van der Waals surface area (Å²) in [5, 5.41) is 0. The predicted octanol–water partition coefficient (Wildman–Crippen LogP) is 1.34. The Morgan fingerprint density at radius 1 is 0.950 bits per heavy atom. The molecule has 2 aromatic rings. The first-order valence-electron chi connectivity index (χ1n) is 6.19. The Kier molecular flexibility index (Phi) is 4.79. The number of nitrogens with zero attached hydrogens (tertiary/aromatic N) is 2. The van der Waals surface area contributed by atoms with E-state index < -0.39 is 0 Å². The maximum atomic E-state index is 12.0. The Balaban J connectivity index is 1.98. The molecule has 0 bridgehead atoms. The van der Waals surface area contributed by atoms with E-state index in [1.165, 1.54) is 0 Å². The molecule has 0 saturated heterocycles. The highest BCUT2D eigenvalue weighted by atomic mass is 79.9.